The van der Waals surface area contributed by atoms with Gasteiger partial charge < -0.3 is 10.5 Å². The molecule has 1 aromatic heterocycles. The van der Waals surface area contributed by atoms with Crippen molar-refractivity contribution in [2.24, 2.45) is 5.73 Å². The summed E-state index contributed by atoms with van der Waals surface area (Å²) in [5.41, 5.74) is 6.21. The van der Waals surface area contributed by atoms with Crippen LogP contribution in [0.1, 0.15) is 11.6 Å². The summed E-state index contributed by atoms with van der Waals surface area (Å²) < 4.78 is 5.28. The molecule has 1 atom stereocenters. The van der Waals surface area contributed by atoms with Crippen molar-refractivity contribution >= 4 is 46.7 Å². The first-order chi connectivity index (χ1) is 6.15. The Labute approximate surface area is 109 Å². The van der Waals surface area contributed by atoms with Crippen LogP contribution in [-0.2, 0) is 9.53 Å². The Kier molecular flexibility index (Phi) is 8.95. The third-order valence-electron chi connectivity index (χ3n) is 1.54. The van der Waals surface area contributed by atoms with Crippen LogP contribution in [0.5, 0.6) is 0 Å². The molecule has 1 heterocycles. The van der Waals surface area contributed by atoms with E-state index in [0.717, 1.165) is 4.47 Å². The van der Waals surface area contributed by atoms with E-state index in [1.165, 1.54) is 13.3 Å². The number of hydrogen-bond acceptors (Lipinski definition) is 4. The van der Waals surface area contributed by atoms with Crippen molar-refractivity contribution in [1.29, 1.82) is 0 Å². The van der Waals surface area contributed by atoms with Gasteiger partial charge in [0.15, 0.2) is 0 Å². The van der Waals surface area contributed by atoms with Gasteiger partial charge in [0.2, 0.25) is 0 Å². The van der Waals surface area contributed by atoms with Crippen LogP contribution in [0.3, 0.4) is 0 Å². The van der Waals surface area contributed by atoms with Gasteiger partial charge in [0.25, 0.3) is 0 Å². The average molecular weight is 318 g/mol. The molecule has 1 rings (SSSR count). The van der Waals surface area contributed by atoms with Gasteiger partial charge in [-0.15, -0.1) is 24.8 Å². The molecule has 0 aliphatic rings. The number of nitrogens with two attached hydrogens (primary N) is 1. The zero-order valence-electron chi connectivity index (χ0n) is 7.84. The fourth-order valence-corrected chi connectivity index (χ4v) is 1.24. The first-order valence-corrected chi connectivity index (χ1v) is 4.38. The Morgan fingerprint density at radius 1 is 1.53 bits per heavy atom. The molecule has 0 aromatic carbocycles. The minimum absolute atomic E-state index is 0. The Hall–Kier alpha value is -0.360. The second-order valence-corrected chi connectivity index (χ2v) is 3.35. The quantitative estimate of drug-likeness (QED) is 0.846. The lowest BCUT2D eigenvalue weighted by molar-refractivity contribution is -0.142. The van der Waals surface area contributed by atoms with E-state index in [2.05, 4.69) is 25.7 Å². The van der Waals surface area contributed by atoms with Crippen molar-refractivity contribution < 1.29 is 9.53 Å². The Morgan fingerprint density at radius 3 is 2.60 bits per heavy atom. The summed E-state index contributed by atoms with van der Waals surface area (Å²) in [4.78, 5) is 14.9. The number of esters is 1. The monoisotopic (exact) mass is 316 g/mol. The predicted molar refractivity (Wildman–Crippen MR) is 65.4 cm³/mol. The lowest BCUT2D eigenvalue weighted by Gasteiger charge is -2.08. The molecule has 0 aliphatic carbocycles. The molecule has 0 fully saturated rings. The van der Waals surface area contributed by atoms with E-state index < -0.39 is 12.0 Å². The lowest BCUT2D eigenvalue weighted by Crippen LogP contribution is -2.22. The highest BCUT2D eigenvalue weighted by atomic mass is 79.9. The molecule has 0 amide bonds. The van der Waals surface area contributed by atoms with E-state index in [-0.39, 0.29) is 24.8 Å². The molecule has 0 saturated carbocycles. The molecule has 0 aliphatic heterocycles. The van der Waals surface area contributed by atoms with Crippen LogP contribution in [0.15, 0.2) is 22.9 Å². The first kappa shape index (κ1) is 17.0. The number of nitrogens with zero attached hydrogens (tertiary/aromatic N) is 1. The van der Waals surface area contributed by atoms with Crippen LogP contribution in [-0.4, -0.2) is 18.1 Å². The molecule has 7 heteroatoms. The molecule has 0 spiro atoms. The number of halogens is 3. The highest BCUT2D eigenvalue weighted by Gasteiger charge is 2.16. The standard InChI is InChI=1S/C8H9BrN2O2.2ClH/c1-13-8(12)7(10)5-2-6(9)4-11-3-5;;/h2-4,7H,10H2,1H3;2*1H. The molecule has 1 unspecified atom stereocenters. The number of carbonyl (C=O) groups is 1. The molecule has 4 nitrogen and oxygen atoms in total. The van der Waals surface area contributed by atoms with E-state index in [1.807, 2.05) is 0 Å². The van der Waals surface area contributed by atoms with Crippen LogP contribution in [0.25, 0.3) is 0 Å². The number of pyridine rings is 1. The molecular weight excluding hydrogens is 307 g/mol. The van der Waals surface area contributed by atoms with E-state index in [0.29, 0.717) is 5.56 Å². The molecule has 0 bridgehead atoms. The van der Waals surface area contributed by atoms with E-state index in [9.17, 15) is 4.79 Å². The summed E-state index contributed by atoms with van der Waals surface area (Å²) in [6.07, 6.45) is 3.15. The molecule has 0 saturated heterocycles. The molecule has 2 N–H and O–H groups in total. The first-order valence-electron chi connectivity index (χ1n) is 3.59. The lowest BCUT2D eigenvalue weighted by atomic mass is 10.1. The van der Waals surface area contributed by atoms with Gasteiger partial charge in [-0.25, -0.2) is 0 Å². The molecule has 15 heavy (non-hydrogen) atoms. The van der Waals surface area contributed by atoms with E-state index in [1.54, 1.807) is 12.3 Å². The SMILES string of the molecule is COC(=O)C(N)c1cncc(Br)c1.Cl.Cl. The van der Waals surface area contributed by atoms with Gasteiger partial charge in [-0.2, -0.15) is 0 Å². The zero-order chi connectivity index (χ0) is 9.84. The van der Waals surface area contributed by atoms with Gasteiger partial charge in [0.1, 0.15) is 6.04 Å². The Morgan fingerprint density at radius 2 is 2.13 bits per heavy atom. The van der Waals surface area contributed by atoms with Gasteiger partial charge in [-0.1, -0.05) is 0 Å². The second kappa shape index (κ2) is 7.87. The van der Waals surface area contributed by atoms with Gasteiger partial charge in [-0.05, 0) is 27.6 Å². The van der Waals surface area contributed by atoms with Crippen molar-refractivity contribution in [3.05, 3.63) is 28.5 Å². The molecule has 0 radical (unpaired) electrons. The Bertz CT molecular complexity index is 325. The summed E-state index contributed by atoms with van der Waals surface area (Å²) in [5.74, 6) is -0.472. The van der Waals surface area contributed by atoms with E-state index in [4.69, 9.17) is 5.73 Å². The molecule has 86 valence electrons. The van der Waals surface area contributed by atoms with E-state index >= 15 is 0 Å². The minimum Gasteiger partial charge on any atom is -0.468 e. The van der Waals surface area contributed by atoms with Crippen molar-refractivity contribution in [3.8, 4) is 0 Å². The van der Waals surface area contributed by atoms with Crippen molar-refractivity contribution in [3.63, 3.8) is 0 Å². The minimum atomic E-state index is -0.769. The second-order valence-electron chi connectivity index (χ2n) is 2.44. The summed E-state index contributed by atoms with van der Waals surface area (Å²) >= 11 is 3.23. The third kappa shape index (κ3) is 4.79. The highest BCUT2D eigenvalue weighted by Crippen LogP contribution is 2.15. The maximum atomic E-state index is 11.0. The van der Waals surface area contributed by atoms with Crippen LogP contribution < -0.4 is 5.73 Å². The maximum absolute atomic E-state index is 11.0. The van der Waals surface area contributed by atoms with Gasteiger partial charge in [0, 0.05) is 16.9 Å². The number of rotatable bonds is 2. The Balaban J connectivity index is 0. The van der Waals surface area contributed by atoms with Crippen LogP contribution in [0, 0.1) is 0 Å². The van der Waals surface area contributed by atoms with Crippen LogP contribution in [0.4, 0.5) is 0 Å². The van der Waals surface area contributed by atoms with Crippen molar-refractivity contribution in [1.82, 2.24) is 4.98 Å². The smallest absolute Gasteiger partial charge is 0.327 e. The summed E-state index contributed by atoms with van der Waals surface area (Å²) in [6.45, 7) is 0. The van der Waals surface area contributed by atoms with Crippen molar-refractivity contribution in [2.45, 2.75) is 6.04 Å². The number of hydrogen-bond donors (Lipinski definition) is 1. The molecule has 1 aromatic rings. The predicted octanol–water partition coefficient (Wildman–Crippen LogP) is 1.86. The number of carbonyl (C=O) groups excluding carboxylic acids is 1. The highest BCUT2D eigenvalue weighted by molar-refractivity contribution is 9.10. The van der Waals surface area contributed by atoms with Gasteiger partial charge in [-0.3, -0.25) is 9.78 Å². The zero-order valence-corrected chi connectivity index (χ0v) is 11.1. The average Bonchev–Trinajstić information content (AvgIpc) is 2.15. The third-order valence-corrected chi connectivity index (χ3v) is 1.97. The molecular formula is C8H11BrCl2N2O2. The maximum Gasteiger partial charge on any atom is 0.327 e. The fraction of sp³-hybridized carbons (Fsp3) is 0.250. The summed E-state index contributed by atoms with van der Waals surface area (Å²) in [6, 6.07) is 0.962. The number of methoxy groups -OCH3 is 1. The fourth-order valence-electron chi connectivity index (χ4n) is 0.861. The summed E-state index contributed by atoms with van der Waals surface area (Å²) in [5, 5.41) is 0. The normalized spacial score (nSPS) is 10.6. The summed E-state index contributed by atoms with van der Waals surface area (Å²) in [7, 11) is 1.30. The van der Waals surface area contributed by atoms with Gasteiger partial charge in [0.05, 0.1) is 7.11 Å². The van der Waals surface area contributed by atoms with Crippen molar-refractivity contribution in [2.75, 3.05) is 7.11 Å². The van der Waals surface area contributed by atoms with Crippen LogP contribution in [0.2, 0.25) is 0 Å². The van der Waals surface area contributed by atoms with Crippen LogP contribution >= 0.6 is 40.7 Å². The largest absolute Gasteiger partial charge is 0.468 e. The van der Waals surface area contributed by atoms with Gasteiger partial charge >= 0.3 is 5.97 Å². The topological polar surface area (TPSA) is 65.2 Å². The number of aromatic nitrogens is 1. The number of ether oxygens (including phenoxy) is 1.